The van der Waals surface area contributed by atoms with Gasteiger partial charge in [0.05, 0.1) is 0 Å². The summed E-state index contributed by atoms with van der Waals surface area (Å²) in [5, 5.41) is 0.356. The Morgan fingerprint density at radius 3 is 2.56 bits per heavy atom. The van der Waals surface area contributed by atoms with Crippen molar-refractivity contribution in [3.8, 4) is 11.3 Å². The van der Waals surface area contributed by atoms with E-state index in [-0.39, 0.29) is 5.92 Å². The fourth-order valence-corrected chi connectivity index (χ4v) is 2.08. The molecule has 0 saturated heterocycles. The third-order valence-corrected chi connectivity index (χ3v) is 3.11. The summed E-state index contributed by atoms with van der Waals surface area (Å²) in [6, 6.07) is 4.49. The average molecular weight is 268 g/mol. The molecule has 3 nitrogen and oxygen atoms in total. The quantitative estimate of drug-likeness (QED) is 0.904. The molecule has 5 heteroatoms. The Hall–Kier alpha value is -1.55. The maximum atomic E-state index is 13.9. The Morgan fingerprint density at radius 1 is 1.39 bits per heavy atom. The lowest BCUT2D eigenvalue weighted by Gasteiger charge is -2.04. The Bertz CT molecular complexity index is 590. The van der Waals surface area contributed by atoms with Crippen molar-refractivity contribution in [3.63, 3.8) is 0 Å². The number of benzene rings is 1. The van der Waals surface area contributed by atoms with Crippen molar-refractivity contribution < 1.29 is 4.39 Å². The van der Waals surface area contributed by atoms with Crippen molar-refractivity contribution in [1.82, 2.24) is 9.55 Å². The zero-order valence-electron chi connectivity index (χ0n) is 10.5. The molecule has 0 bridgehead atoms. The number of aromatic nitrogens is 2. The van der Waals surface area contributed by atoms with Crippen LogP contribution >= 0.6 is 11.6 Å². The van der Waals surface area contributed by atoms with Crippen molar-refractivity contribution in [2.75, 3.05) is 5.73 Å². The first-order chi connectivity index (χ1) is 8.41. The molecule has 18 heavy (non-hydrogen) atoms. The van der Waals surface area contributed by atoms with Gasteiger partial charge in [0, 0.05) is 23.6 Å². The van der Waals surface area contributed by atoms with Gasteiger partial charge in [0.2, 0.25) is 0 Å². The smallest absolute Gasteiger partial charge is 0.134 e. The van der Waals surface area contributed by atoms with Gasteiger partial charge in [0.25, 0.3) is 0 Å². The molecule has 1 aromatic heterocycles. The monoisotopic (exact) mass is 267 g/mol. The molecule has 0 atom stereocenters. The Kier molecular flexibility index (Phi) is 3.30. The van der Waals surface area contributed by atoms with Gasteiger partial charge in [-0.1, -0.05) is 25.4 Å². The Balaban J connectivity index is 2.61. The lowest BCUT2D eigenvalue weighted by atomic mass is 10.1. The van der Waals surface area contributed by atoms with Crippen LogP contribution in [0.15, 0.2) is 18.2 Å². The van der Waals surface area contributed by atoms with Crippen LogP contribution in [0.1, 0.15) is 25.6 Å². The van der Waals surface area contributed by atoms with Crippen LogP contribution in [0.2, 0.25) is 5.02 Å². The summed E-state index contributed by atoms with van der Waals surface area (Å²) < 4.78 is 15.7. The van der Waals surface area contributed by atoms with Crippen LogP contribution < -0.4 is 5.73 Å². The topological polar surface area (TPSA) is 43.8 Å². The minimum Gasteiger partial charge on any atom is -0.383 e. The van der Waals surface area contributed by atoms with Crippen LogP contribution in [-0.4, -0.2) is 9.55 Å². The zero-order chi connectivity index (χ0) is 13.4. The van der Waals surface area contributed by atoms with Crippen LogP contribution in [0.5, 0.6) is 0 Å². The number of hydrogen-bond donors (Lipinski definition) is 1. The van der Waals surface area contributed by atoms with Gasteiger partial charge in [-0.3, -0.25) is 0 Å². The Morgan fingerprint density at radius 2 is 2.06 bits per heavy atom. The molecule has 0 unspecified atom stereocenters. The molecule has 0 aliphatic carbocycles. The van der Waals surface area contributed by atoms with E-state index in [0.29, 0.717) is 22.1 Å². The maximum absolute atomic E-state index is 13.9. The molecule has 2 aromatic rings. The fraction of sp³-hybridized carbons (Fsp3) is 0.308. The lowest BCUT2D eigenvalue weighted by Crippen LogP contribution is -2.02. The van der Waals surface area contributed by atoms with E-state index in [9.17, 15) is 4.39 Å². The normalized spacial score (nSPS) is 11.2. The van der Waals surface area contributed by atoms with Gasteiger partial charge < -0.3 is 10.3 Å². The van der Waals surface area contributed by atoms with Crippen molar-refractivity contribution in [2.24, 2.45) is 7.05 Å². The largest absolute Gasteiger partial charge is 0.383 e. The summed E-state index contributed by atoms with van der Waals surface area (Å²) in [6.07, 6.45) is 0. The van der Waals surface area contributed by atoms with Crippen LogP contribution in [0.3, 0.4) is 0 Å². The first kappa shape index (κ1) is 12.9. The zero-order valence-corrected chi connectivity index (χ0v) is 11.3. The van der Waals surface area contributed by atoms with E-state index in [0.717, 1.165) is 5.82 Å². The third-order valence-electron chi connectivity index (χ3n) is 2.88. The van der Waals surface area contributed by atoms with Crippen molar-refractivity contribution >= 4 is 17.4 Å². The van der Waals surface area contributed by atoms with Gasteiger partial charge in [-0.25, -0.2) is 9.37 Å². The van der Waals surface area contributed by atoms with Gasteiger partial charge in [0.1, 0.15) is 23.2 Å². The van der Waals surface area contributed by atoms with Crippen molar-refractivity contribution in [2.45, 2.75) is 19.8 Å². The van der Waals surface area contributed by atoms with Crippen LogP contribution in [0, 0.1) is 5.82 Å². The van der Waals surface area contributed by atoms with E-state index >= 15 is 0 Å². The second-order valence-electron chi connectivity index (χ2n) is 4.54. The molecule has 1 heterocycles. The van der Waals surface area contributed by atoms with Gasteiger partial charge in [-0.2, -0.15) is 0 Å². The van der Waals surface area contributed by atoms with E-state index < -0.39 is 5.82 Å². The third kappa shape index (κ3) is 2.08. The summed E-state index contributed by atoms with van der Waals surface area (Å²) in [6.45, 7) is 4.04. The number of hydrogen-bond acceptors (Lipinski definition) is 2. The van der Waals surface area contributed by atoms with Gasteiger partial charge >= 0.3 is 0 Å². The molecular formula is C13H15ClFN3. The molecule has 0 aliphatic heterocycles. The SMILES string of the molecule is CC(C)c1nc(-c2ccc(Cl)cc2F)c(N)n1C. The number of anilines is 1. The second-order valence-corrected chi connectivity index (χ2v) is 4.98. The first-order valence-electron chi connectivity index (χ1n) is 5.69. The fourth-order valence-electron chi connectivity index (χ4n) is 1.93. The average Bonchev–Trinajstić information content (AvgIpc) is 2.57. The van der Waals surface area contributed by atoms with Crippen molar-refractivity contribution in [1.29, 1.82) is 0 Å². The van der Waals surface area contributed by atoms with E-state index in [4.69, 9.17) is 17.3 Å². The highest BCUT2D eigenvalue weighted by atomic mass is 35.5. The molecule has 0 fully saturated rings. The minimum atomic E-state index is -0.414. The predicted molar refractivity (Wildman–Crippen MR) is 72.1 cm³/mol. The summed E-state index contributed by atoms with van der Waals surface area (Å²) in [7, 11) is 1.83. The lowest BCUT2D eigenvalue weighted by molar-refractivity contribution is 0.631. The first-order valence-corrected chi connectivity index (χ1v) is 6.07. The number of rotatable bonds is 2. The van der Waals surface area contributed by atoms with Gasteiger partial charge in [-0.05, 0) is 18.2 Å². The van der Waals surface area contributed by atoms with E-state index in [1.165, 1.54) is 6.07 Å². The van der Waals surface area contributed by atoms with Gasteiger partial charge in [0.15, 0.2) is 0 Å². The summed E-state index contributed by atoms with van der Waals surface area (Å²) in [4.78, 5) is 4.42. The molecular weight excluding hydrogens is 253 g/mol. The van der Waals surface area contributed by atoms with E-state index in [2.05, 4.69) is 4.98 Å². The minimum absolute atomic E-state index is 0.224. The molecule has 2 rings (SSSR count). The van der Waals surface area contributed by atoms with Crippen molar-refractivity contribution in [3.05, 3.63) is 34.9 Å². The van der Waals surface area contributed by atoms with Crippen LogP contribution in [0.25, 0.3) is 11.3 Å². The molecule has 96 valence electrons. The molecule has 0 spiro atoms. The number of halogens is 2. The molecule has 1 aromatic carbocycles. The molecule has 0 aliphatic rings. The maximum Gasteiger partial charge on any atom is 0.134 e. The highest BCUT2D eigenvalue weighted by molar-refractivity contribution is 6.30. The number of nitrogen functional groups attached to an aromatic ring is 1. The second kappa shape index (κ2) is 4.61. The standard InChI is InChI=1S/C13H15ClFN3/c1-7(2)13-17-11(12(16)18(13)3)9-5-4-8(14)6-10(9)15/h4-7H,16H2,1-3H3. The highest BCUT2D eigenvalue weighted by Gasteiger charge is 2.18. The van der Waals surface area contributed by atoms with E-state index in [1.807, 2.05) is 20.9 Å². The summed E-state index contributed by atoms with van der Waals surface area (Å²) in [5.74, 6) is 1.10. The molecule has 2 N–H and O–H groups in total. The number of nitrogens with two attached hydrogens (primary N) is 1. The highest BCUT2D eigenvalue weighted by Crippen LogP contribution is 2.31. The number of imidazole rings is 1. The predicted octanol–water partition coefficient (Wildman–Crippen LogP) is 3.59. The molecule has 0 saturated carbocycles. The Labute approximate surface area is 110 Å². The summed E-state index contributed by atoms with van der Waals surface area (Å²) in [5.41, 5.74) is 6.82. The molecule has 0 radical (unpaired) electrons. The number of nitrogens with zero attached hydrogens (tertiary/aromatic N) is 2. The molecule has 0 amide bonds. The van der Waals surface area contributed by atoms with E-state index in [1.54, 1.807) is 16.7 Å². The van der Waals surface area contributed by atoms with Gasteiger partial charge in [-0.15, -0.1) is 0 Å². The van der Waals surface area contributed by atoms with Crippen LogP contribution in [-0.2, 0) is 7.05 Å². The van der Waals surface area contributed by atoms with Crippen LogP contribution in [0.4, 0.5) is 10.2 Å². The summed E-state index contributed by atoms with van der Waals surface area (Å²) >= 11 is 5.73.